The third kappa shape index (κ3) is 2.84. The smallest absolute Gasteiger partial charge is 0.141 e. The summed E-state index contributed by atoms with van der Waals surface area (Å²) in [6, 6.07) is 0. The van der Waals surface area contributed by atoms with Crippen LogP contribution in [0.4, 0.5) is 0 Å². The van der Waals surface area contributed by atoms with Crippen molar-refractivity contribution in [1.82, 2.24) is 0 Å². The first-order valence-electron chi connectivity index (χ1n) is 2.91. The fraction of sp³-hybridized carbons (Fsp3) is 0.800. The molecule has 9 heavy (non-hydrogen) atoms. The molecule has 0 heterocycles. The van der Waals surface area contributed by atoms with Crippen LogP contribution in [0.25, 0.3) is 0 Å². The van der Waals surface area contributed by atoms with Gasteiger partial charge in [0.1, 0.15) is 9.99 Å². The van der Waals surface area contributed by atoms with E-state index in [2.05, 4.69) is 0 Å². The highest BCUT2D eigenvalue weighted by Gasteiger charge is 2.00. The van der Waals surface area contributed by atoms with Crippen molar-refractivity contribution < 1.29 is 8.76 Å². The molecule has 0 fully saturated rings. The first kappa shape index (κ1) is 8.94. The van der Waals surface area contributed by atoms with E-state index in [9.17, 15) is 4.21 Å². The van der Waals surface area contributed by atoms with Crippen molar-refractivity contribution in [3.8, 4) is 0 Å². The van der Waals surface area contributed by atoms with E-state index in [0.717, 1.165) is 0 Å². The Bertz CT molecular complexity index is 177. The Morgan fingerprint density at radius 3 is 1.89 bits per heavy atom. The molecule has 0 amide bonds. The Kier molecular flexibility index (Phi) is 3.17. The van der Waals surface area contributed by atoms with Crippen LogP contribution in [0.15, 0.2) is 0 Å². The van der Waals surface area contributed by atoms with Crippen LogP contribution in [0, 0.1) is 0 Å². The predicted molar refractivity (Wildman–Crippen MR) is 40.5 cm³/mol. The summed E-state index contributed by atoms with van der Waals surface area (Å²) in [5.74, 6) is 0. The van der Waals surface area contributed by atoms with Gasteiger partial charge >= 0.3 is 0 Å². The number of nitrogens with two attached hydrogens (primary N) is 1. The summed E-state index contributed by atoms with van der Waals surface area (Å²) in [4.78, 5) is 0.530. The minimum absolute atomic E-state index is 0.530. The van der Waals surface area contributed by atoms with Gasteiger partial charge in [0.15, 0.2) is 0 Å². The third-order valence-electron chi connectivity index (χ3n) is 1.20. The number of hydrogen-bond donors (Lipinski definition) is 2. The van der Waals surface area contributed by atoms with Crippen molar-refractivity contribution in [2.75, 3.05) is 0 Å². The summed E-state index contributed by atoms with van der Waals surface area (Å²) in [5, 5.41) is 4.95. The molecule has 0 rings (SSSR count). The van der Waals surface area contributed by atoms with E-state index in [-0.39, 0.29) is 0 Å². The zero-order valence-electron chi connectivity index (χ0n) is 5.76. The van der Waals surface area contributed by atoms with Crippen LogP contribution >= 0.6 is 0 Å². The molecule has 0 aromatic carbocycles. The van der Waals surface area contributed by atoms with Crippen molar-refractivity contribution in [3.63, 3.8) is 0 Å². The monoisotopic (exact) mass is 151 g/mol. The van der Waals surface area contributed by atoms with Crippen molar-refractivity contribution in [2.24, 2.45) is 5.14 Å². The zero-order valence-corrected chi connectivity index (χ0v) is 6.57. The van der Waals surface area contributed by atoms with Gasteiger partial charge in [0.2, 0.25) is 0 Å². The van der Waals surface area contributed by atoms with Crippen molar-refractivity contribution in [3.05, 3.63) is 0 Å². The van der Waals surface area contributed by atoms with Gasteiger partial charge in [0.05, 0.1) is 0 Å². The molecule has 3 nitrogen and oxygen atoms in total. The van der Waals surface area contributed by atoms with Crippen LogP contribution in [0.3, 0.4) is 0 Å². The molecule has 4 heteroatoms. The minimum atomic E-state index is -3.10. The van der Waals surface area contributed by atoms with Crippen LogP contribution < -0.4 is 5.14 Å². The van der Waals surface area contributed by atoms with Gasteiger partial charge in [0.25, 0.3) is 0 Å². The van der Waals surface area contributed by atoms with Crippen LogP contribution in [0.5, 0.6) is 0 Å². The van der Waals surface area contributed by atoms with Crippen molar-refractivity contribution >= 4 is 14.9 Å². The highest BCUT2D eigenvalue weighted by molar-refractivity contribution is 7.95. The summed E-state index contributed by atoms with van der Waals surface area (Å²) in [5.41, 5.74) is 0. The topological polar surface area (TPSA) is 63.3 Å². The van der Waals surface area contributed by atoms with Gasteiger partial charge in [-0.25, -0.2) is 9.35 Å². The molecular formula is C5H13NO2S. The van der Waals surface area contributed by atoms with E-state index in [1.165, 1.54) is 0 Å². The number of rotatable bonds is 2. The Morgan fingerprint density at radius 1 is 1.56 bits per heavy atom. The lowest BCUT2D eigenvalue weighted by Crippen LogP contribution is -2.20. The molecule has 0 aliphatic carbocycles. The van der Waals surface area contributed by atoms with Gasteiger partial charge in [-0.2, -0.15) is 0 Å². The highest BCUT2D eigenvalue weighted by Crippen LogP contribution is 1.92. The van der Waals surface area contributed by atoms with Crippen molar-refractivity contribution in [1.29, 1.82) is 0 Å². The molecule has 1 atom stereocenters. The quantitative estimate of drug-likeness (QED) is 0.568. The summed E-state index contributed by atoms with van der Waals surface area (Å²) in [6.45, 7) is 3.64. The van der Waals surface area contributed by atoms with Gasteiger partial charge in [0, 0.05) is 4.86 Å². The van der Waals surface area contributed by atoms with Gasteiger partial charge in [-0.05, 0) is 12.8 Å². The third-order valence-corrected chi connectivity index (χ3v) is 2.61. The van der Waals surface area contributed by atoms with Gasteiger partial charge < -0.3 is 4.55 Å². The molecule has 1 unspecified atom stereocenters. The largest absolute Gasteiger partial charge is 0.302 e. The average Bonchev–Trinajstić information content (AvgIpc) is 1.65. The van der Waals surface area contributed by atoms with Crippen molar-refractivity contribution in [2.45, 2.75) is 26.7 Å². The first-order chi connectivity index (χ1) is 4.02. The zero-order chi connectivity index (χ0) is 7.49. The number of hydrogen-bond acceptors (Lipinski definition) is 1. The molecule has 0 radical (unpaired) electrons. The molecule has 56 valence electrons. The maximum atomic E-state index is 10.6. The van der Waals surface area contributed by atoms with Crippen LogP contribution in [0.2, 0.25) is 0 Å². The summed E-state index contributed by atoms with van der Waals surface area (Å²) in [7, 11) is -3.10. The Hall–Kier alpha value is -0.0600. The van der Waals surface area contributed by atoms with E-state index in [4.69, 9.17) is 9.69 Å². The maximum absolute atomic E-state index is 10.6. The molecule has 0 aromatic rings. The van der Waals surface area contributed by atoms with Gasteiger partial charge in [-0.1, -0.05) is 13.8 Å². The average molecular weight is 151 g/mol. The fourth-order valence-corrected chi connectivity index (χ4v) is 1.49. The highest BCUT2D eigenvalue weighted by atomic mass is 32.2. The Morgan fingerprint density at radius 2 is 1.89 bits per heavy atom. The van der Waals surface area contributed by atoms with E-state index in [1.54, 1.807) is 0 Å². The Labute approximate surface area is 56.2 Å². The summed E-state index contributed by atoms with van der Waals surface area (Å²) < 4.78 is 19.4. The molecule has 3 N–H and O–H groups in total. The Balaban J connectivity index is 4.63. The second-order valence-corrected chi connectivity index (χ2v) is 3.53. The second-order valence-electron chi connectivity index (χ2n) is 1.81. The van der Waals surface area contributed by atoms with E-state index < -0.39 is 9.99 Å². The second kappa shape index (κ2) is 3.20. The lowest BCUT2D eigenvalue weighted by Gasteiger charge is -2.01. The predicted octanol–water partition coefficient (Wildman–Crippen LogP) is 0.610. The lowest BCUT2D eigenvalue weighted by molar-refractivity contribution is 0.560. The molecule has 0 aromatic heterocycles. The lowest BCUT2D eigenvalue weighted by atomic mass is 10.3. The van der Waals surface area contributed by atoms with Gasteiger partial charge in [-0.15, -0.1) is 0 Å². The molecule has 0 saturated heterocycles. The fourth-order valence-electron chi connectivity index (χ4n) is 0.664. The standard InChI is InChI=1S/C5H13NO2S/c1-3-5(4-2)9(6,7)8/h3-4H2,1-2H3,(H3,6,7,8). The molecule has 0 aliphatic heterocycles. The molecule has 0 spiro atoms. The van der Waals surface area contributed by atoms with Crippen LogP contribution in [-0.4, -0.2) is 13.6 Å². The normalized spacial score (nSPS) is 16.9. The van der Waals surface area contributed by atoms with E-state index >= 15 is 0 Å². The van der Waals surface area contributed by atoms with Crippen LogP contribution in [0.1, 0.15) is 26.7 Å². The summed E-state index contributed by atoms with van der Waals surface area (Å²) in [6.07, 6.45) is 1.17. The SMILES string of the molecule is CCC(CC)=S(N)(=O)O. The maximum Gasteiger partial charge on any atom is 0.141 e. The summed E-state index contributed by atoms with van der Waals surface area (Å²) >= 11 is 0. The molecule has 0 aliphatic rings. The van der Waals surface area contributed by atoms with E-state index in [1.807, 2.05) is 13.8 Å². The minimum Gasteiger partial charge on any atom is -0.302 e. The molecule has 0 saturated carbocycles. The van der Waals surface area contributed by atoms with Gasteiger partial charge in [-0.3, -0.25) is 0 Å². The first-order valence-corrected chi connectivity index (χ1v) is 4.49. The molecular weight excluding hydrogens is 138 g/mol. The van der Waals surface area contributed by atoms with E-state index in [0.29, 0.717) is 17.7 Å². The van der Waals surface area contributed by atoms with Crippen LogP contribution in [-0.2, 0) is 9.99 Å². The molecule has 0 bridgehead atoms.